The quantitative estimate of drug-likeness (QED) is 0.525. The second-order valence-electron chi connectivity index (χ2n) is 7.07. The summed E-state index contributed by atoms with van der Waals surface area (Å²) in [5, 5.41) is 3.49. The number of fused-ring (bicyclic) bond motifs is 3. The van der Waals surface area contributed by atoms with E-state index in [0.717, 1.165) is 41.2 Å². The fourth-order valence-corrected chi connectivity index (χ4v) is 4.11. The minimum Gasteiger partial charge on any atom is -0.382 e. The van der Waals surface area contributed by atoms with Gasteiger partial charge in [0.2, 0.25) is 0 Å². The van der Waals surface area contributed by atoms with Crippen molar-refractivity contribution >= 4 is 28.3 Å². The Bertz CT molecular complexity index is 1060. The molecule has 5 rings (SSSR count). The van der Waals surface area contributed by atoms with E-state index in [1.54, 1.807) is 12.4 Å². The summed E-state index contributed by atoms with van der Waals surface area (Å²) in [6.07, 6.45) is 11.0. The van der Waals surface area contributed by atoms with Crippen molar-refractivity contribution in [1.29, 1.82) is 0 Å². The van der Waals surface area contributed by atoms with Gasteiger partial charge in [0.1, 0.15) is 17.5 Å². The molecular weight excluding hydrogens is 328 g/mol. The molecule has 1 fully saturated rings. The first-order chi connectivity index (χ1) is 12.7. The molecular formula is C18H20N8. The number of aromatic nitrogens is 6. The van der Waals surface area contributed by atoms with Crippen LogP contribution in [0.2, 0.25) is 0 Å². The van der Waals surface area contributed by atoms with Gasteiger partial charge in [0, 0.05) is 18.2 Å². The third-order valence-electron chi connectivity index (χ3n) is 5.32. The second kappa shape index (κ2) is 5.69. The first-order valence-corrected chi connectivity index (χ1v) is 8.82. The van der Waals surface area contributed by atoms with Crippen molar-refractivity contribution in [2.45, 2.75) is 31.7 Å². The van der Waals surface area contributed by atoms with Crippen molar-refractivity contribution in [3.63, 3.8) is 0 Å². The summed E-state index contributed by atoms with van der Waals surface area (Å²) < 4.78 is 2.23. The molecule has 3 atom stereocenters. The number of nitrogens with one attached hydrogen (secondary N) is 2. The lowest BCUT2D eigenvalue weighted by molar-refractivity contribution is 0.509. The number of nitrogen functional groups attached to an aromatic ring is 1. The third kappa shape index (κ3) is 2.37. The first kappa shape index (κ1) is 15.1. The van der Waals surface area contributed by atoms with Crippen LogP contribution in [-0.2, 0) is 0 Å². The van der Waals surface area contributed by atoms with E-state index in [9.17, 15) is 0 Å². The fraction of sp³-hybridized carbons (Fsp3) is 0.333. The predicted octanol–water partition coefficient (Wildman–Crippen LogP) is 2.58. The zero-order chi connectivity index (χ0) is 17.7. The Labute approximate surface area is 149 Å². The molecule has 0 saturated heterocycles. The summed E-state index contributed by atoms with van der Waals surface area (Å²) in [4.78, 5) is 20.8. The molecule has 0 aliphatic heterocycles. The highest BCUT2D eigenvalue weighted by molar-refractivity contribution is 5.75. The molecule has 0 bridgehead atoms. The van der Waals surface area contributed by atoms with Crippen LogP contribution in [0.3, 0.4) is 0 Å². The molecule has 8 heteroatoms. The number of nitrogens with two attached hydrogens (primary N) is 1. The Kier molecular flexibility index (Phi) is 3.31. The maximum Gasteiger partial charge on any atom is 0.154 e. The van der Waals surface area contributed by atoms with Crippen molar-refractivity contribution in [1.82, 2.24) is 29.3 Å². The van der Waals surface area contributed by atoms with Crippen LogP contribution >= 0.6 is 0 Å². The highest BCUT2D eigenvalue weighted by Gasteiger charge is 2.35. The summed E-state index contributed by atoms with van der Waals surface area (Å²) in [7, 11) is 0. The van der Waals surface area contributed by atoms with Crippen molar-refractivity contribution in [3.8, 4) is 0 Å². The van der Waals surface area contributed by atoms with Crippen molar-refractivity contribution in [3.05, 3.63) is 42.9 Å². The largest absolute Gasteiger partial charge is 0.382 e. The number of hydrogen-bond donors (Lipinski definition) is 3. The van der Waals surface area contributed by atoms with Crippen LogP contribution in [0.4, 0.5) is 11.6 Å². The van der Waals surface area contributed by atoms with Crippen molar-refractivity contribution in [2.24, 2.45) is 5.92 Å². The topological polar surface area (TPSA) is 110 Å². The van der Waals surface area contributed by atoms with Gasteiger partial charge in [-0.15, -0.1) is 0 Å². The molecule has 4 heterocycles. The van der Waals surface area contributed by atoms with Gasteiger partial charge in [-0.25, -0.2) is 19.9 Å². The standard InChI is InChI=1S/C18H20N8/c1-10-4-11(25-16-9-21-15(19)8-22-16)5-13(10)18-24-7-12-6-23-17-14(26(12)18)2-3-20-17/h2-3,6-11,13,20H,4-5H2,1H3,(H2,19,21)(H,22,25)/t10-,11+,13+/m1/s1. The lowest BCUT2D eigenvalue weighted by Crippen LogP contribution is -2.17. The van der Waals surface area contributed by atoms with E-state index in [4.69, 9.17) is 10.7 Å². The van der Waals surface area contributed by atoms with E-state index in [1.807, 2.05) is 18.6 Å². The van der Waals surface area contributed by atoms with Crippen LogP contribution in [0.15, 0.2) is 37.1 Å². The maximum atomic E-state index is 5.61. The molecule has 4 N–H and O–H groups in total. The smallest absolute Gasteiger partial charge is 0.154 e. The summed E-state index contributed by atoms with van der Waals surface area (Å²) in [5.41, 5.74) is 8.60. The molecule has 4 aromatic rings. The van der Waals surface area contributed by atoms with E-state index >= 15 is 0 Å². The van der Waals surface area contributed by atoms with Gasteiger partial charge in [0.25, 0.3) is 0 Å². The van der Waals surface area contributed by atoms with E-state index < -0.39 is 0 Å². The highest BCUT2D eigenvalue weighted by Crippen LogP contribution is 2.40. The molecule has 0 aromatic carbocycles. The first-order valence-electron chi connectivity index (χ1n) is 8.82. The monoisotopic (exact) mass is 348 g/mol. The van der Waals surface area contributed by atoms with Gasteiger partial charge in [0.05, 0.1) is 35.8 Å². The number of nitrogens with zero attached hydrogens (tertiary/aromatic N) is 5. The molecule has 132 valence electrons. The van der Waals surface area contributed by atoms with E-state index in [1.165, 1.54) is 0 Å². The Hall–Kier alpha value is -3.16. The lowest BCUT2D eigenvalue weighted by atomic mass is 9.97. The average Bonchev–Trinajstić information content (AvgIpc) is 3.34. The zero-order valence-electron chi connectivity index (χ0n) is 14.4. The number of anilines is 2. The van der Waals surface area contributed by atoms with Crippen LogP contribution in [0.5, 0.6) is 0 Å². The van der Waals surface area contributed by atoms with Crippen molar-refractivity contribution < 1.29 is 0 Å². The minimum absolute atomic E-state index is 0.337. The van der Waals surface area contributed by atoms with Gasteiger partial charge in [0.15, 0.2) is 5.65 Å². The molecule has 1 aliphatic carbocycles. The van der Waals surface area contributed by atoms with Crippen molar-refractivity contribution in [2.75, 3.05) is 11.1 Å². The molecule has 0 amide bonds. The van der Waals surface area contributed by atoms with Crippen LogP contribution in [0.1, 0.15) is 31.5 Å². The fourth-order valence-electron chi connectivity index (χ4n) is 4.11. The number of aromatic amines is 1. The summed E-state index contributed by atoms with van der Waals surface area (Å²) in [6, 6.07) is 2.39. The number of imidazole rings is 1. The van der Waals surface area contributed by atoms with E-state index in [2.05, 4.69) is 42.6 Å². The second-order valence-corrected chi connectivity index (χ2v) is 7.07. The van der Waals surface area contributed by atoms with Gasteiger partial charge in [-0.3, -0.25) is 4.40 Å². The summed E-state index contributed by atoms with van der Waals surface area (Å²) in [5.74, 6) is 3.19. The number of H-pyrrole nitrogens is 1. The molecule has 8 nitrogen and oxygen atoms in total. The third-order valence-corrected chi connectivity index (χ3v) is 5.32. The molecule has 0 unspecified atom stereocenters. The predicted molar refractivity (Wildman–Crippen MR) is 99.8 cm³/mol. The van der Waals surface area contributed by atoms with Crippen LogP contribution in [0, 0.1) is 5.92 Å². The number of hydrogen-bond acceptors (Lipinski definition) is 6. The molecule has 4 aromatic heterocycles. The van der Waals surface area contributed by atoms with Gasteiger partial charge < -0.3 is 16.0 Å². The Morgan fingerprint density at radius 2 is 2.00 bits per heavy atom. The van der Waals surface area contributed by atoms with Crippen LogP contribution in [-0.4, -0.2) is 35.4 Å². The minimum atomic E-state index is 0.337. The maximum absolute atomic E-state index is 5.61. The Morgan fingerprint density at radius 1 is 1.12 bits per heavy atom. The SMILES string of the molecule is C[C@@H]1C[C@H](Nc2cnc(N)cn2)C[C@@H]1c1ncc2cnc3[nH]ccc3n12. The highest BCUT2D eigenvalue weighted by atomic mass is 15.1. The molecule has 0 radical (unpaired) electrons. The van der Waals surface area contributed by atoms with Gasteiger partial charge >= 0.3 is 0 Å². The van der Waals surface area contributed by atoms with Gasteiger partial charge in [-0.1, -0.05) is 6.92 Å². The normalized spacial score (nSPS) is 23.0. The summed E-state index contributed by atoms with van der Waals surface area (Å²) >= 11 is 0. The van der Waals surface area contributed by atoms with E-state index in [0.29, 0.717) is 23.7 Å². The molecule has 1 saturated carbocycles. The Balaban J connectivity index is 1.46. The lowest BCUT2D eigenvalue weighted by Gasteiger charge is -2.15. The molecule has 26 heavy (non-hydrogen) atoms. The summed E-state index contributed by atoms with van der Waals surface area (Å²) in [6.45, 7) is 2.29. The van der Waals surface area contributed by atoms with Gasteiger partial charge in [-0.05, 0) is 24.8 Å². The average molecular weight is 348 g/mol. The van der Waals surface area contributed by atoms with E-state index in [-0.39, 0.29) is 0 Å². The zero-order valence-corrected chi connectivity index (χ0v) is 14.4. The molecule has 1 aliphatic rings. The Morgan fingerprint density at radius 3 is 2.85 bits per heavy atom. The molecule has 0 spiro atoms. The van der Waals surface area contributed by atoms with Crippen LogP contribution in [0.25, 0.3) is 16.7 Å². The van der Waals surface area contributed by atoms with Gasteiger partial charge in [-0.2, -0.15) is 0 Å². The number of rotatable bonds is 3. The van der Waals surface area contributed by atoms with Crippen LogP contribution < -0.4 is 11.1 Å².